The minimum absolute atomic E-state index is 0.203. The molecule has 0 saturated heterocycles. The Hall–Kier alpha value is -2.89. The largest absolute Gasteiger partial charge is 0.494 e. The molecule has 0 radical (unpaired) electrons. The Morgan fingerprint density at radius 2 is 1.67 bits per heavy atom. The van der Waals surface area contributed by atoms with Crippen molar-refractivity contribution in [1.82, 2.24) is 10.3 Å². The number of benzene rings is 1. The molecule has 0 atom stereocenters. The van der Waals surface area contributed by atoms with Crippen molar-refractivity contribution < 1.29 is 14.3 Å². The lowest BCUT2D eigenvalue weighted by Crippen LogP contribution is -2.36. The molecule has 1 saturated carbocycles. The van der Waals surface area contributed by atoms with Gasteiger partial charge in [0, 0.05) is 11.7 Å². The summed E-state index contributed by atoms with van der Waals surface area (Å²) in [6, 6.07) is 12.2. The van der Waals surface area contributed by atoms with Crippen LogP contribution in [0, 0.1) is 0 Å². The van der Waals surface area contributed by atoms with Crippen LogP contribution in [-0.2, 0) is 0 Å². The maximum Gasteiger partial charge on any atom is 0.274 e. The molecule has 0 spiro atoms. The monoisotopic (exact) mass is 367 g/mol. The normalized spacial score (nSPS) is 14.4. The van der Waals surface area contributed by atoms with Crippen molar-refractivity contribution in [1.29, 1.82) is 0 Å². The number of aromatic nitrogens is 1. The topological polar surface area (TPSA) is 80.3 Å². The summed E-state index contributed by atoms with van der Waals surface area (Å²) < 4.78 is 5.39. The number of rotatable bonds is 6. The van der Waals surface area contributed by atoms with Gasteiger partial charge in [0.15, 0.2) is 0 Å². The average molecular weight is 367 g/mol. The predicted octanol–water partition coefficient (Wildman–Crippen LogP) is 3.80. The van der Waals surface area contributed by atoms with E-state index in [0.29, 0.717) is 12.3 Å². The molecule has 1 aliphatic rings. The van der Waals surface area contributed by atoms with Crippen molar-refractivity contribution in [3.8, 4) is 5.75 Å². The molecule has 3 rings (SSSR count). The molecule has 1 aliphatic carbocycles. The summed E-state index contributed by atoms with van der Waals surface area (Å²) in [5.41, 5.74) is 1.11. The van der Waals surface area contributed by atoms with Gasteiger partial charge >= 0.3 is 0 Å². The second kappa shape index (κ2) is 9.16. The highest BCUT2D eigenvalue weighted by Crippen LogP contribution is 2.18. The van der Waals surface area contributed by atoms with E-state index in [9.17, 15) is 9.59 Å². The van der Waals surface area contributed by atoms with Gasteiger partial charge in [0.25, 0.3) is 11.8 Å². The minimum Gasteiger partial charge on any atom is -0.494 e. The standard InChI is InChI=1S/C21H25N3O3/c1-2-27-17-13-11-16(12-14-17)23-21(26)19-10-6-9-18(24-19)20(25)22-15-7-4-3-5-8-15/h6,9-15H,2-5,7-8H2,1H3,(H,22,25)(H,23,26). The highest BCUT2D eigenvalue weighted by Gasteiger charge is 2.18. The fraction of sp³-hybridized carbons (Fsp3) is 0.381. The summed E-state index contributed by atoms with van der Waals surface area (Å²) in [5.74, 6) is 0.166. The zero-order valence-corrected chi connectivity index (χ0v) is 15.5. The van der Waals surface area contributed by atoms with Crippen LogP contribution in [-0.4, -0.2) is 29.4 Å². The number of carbonyl (C=O) groups excluding carboxylic acids is 2. The van der Waals surface area contributed by atoms with Gasteiger partial charge in [-0.05, 0) is 56.2 Å². The average Bonchev–Trinajstić information content (AvgIpc) is 2.70. The first kappa shape index (κ1) is 18.9. The first-order chi connectivity index (χ1) is 13.2. The molecule has 1 fully saturated rings. The summed E-state index contributed by atoms with van der Waals surface area (Å²) >= 11 is 0. The van der Waals surface area contributed by atoms with Crippen molar-refractivity contribution >= 4 is 17.5 Å². The number of pyridine rings is 1. The van der Waals surface area contributed by atoms with E-state index in [-0.39, 0.29) is 29.2 Å². The van der Waals surface area contributed by atoms with Gasteiger partial charge in [-0.3, -0.25) is 9.59 Å². The maximum atomic E-state index is 12.5. The van der Waals surface area contributed by atoms with Gasteiger partial charge in [0.2, 0.25) is 0 Å². The summed E-state index contributed by atoms with van der Waals surface area (Å²) in [5, 5.41) is 5.81. The number of anilines is 1. The molecule has 27 heavy (non-hydrogen) atoms. The number of hydrogen-bond acceptors (Lipinski definition) is 4. The van der Waals surface area contributed by atoms with Crippen molar-refractivity contribution in [2.24, 2.45) is 0 Å². The molecule has 0 aliphatic heterocycles. The van der Waals surface area contributed by atoms with Crippen LogP contribution >= 0.6 is 0 Å². The van der Waals surface area contributed by atoms with Gasteiger partial charge < -0.3 is 15.4 Å². The first-order valence-electron chi connectivity index (χ1n) is 9.48. The minimum atomic E-state index is -0.355. The number of ether oxygens (including phenoxy) is 1. The van der Waals surface area contributed by atoms with E-state index in [0.717, 1.165) is 31.4 Å². The zero-order valence-electron chi connectivity index (χ0n) is 15.5. The van der Waals surface area contributed by atoms with Gasteiger partial charge in [-0.15, -0.1) is 0 Å². The summed E-state index contributed by atoms with van der Waals surface area (Å²) in [6.45, 7) is 2.50. The first-order valence-corrected chi connectivity index (χ1v) is 9.48. The summed E-state index contributed by atoms with van der Waals surface area (Å²) in [6.07, 6.45) is 5.52. The van der Waals surface area contributed by atoms with Gasteiger partial charge in [0.1, 0.15) is 17.1 Å². The molecule has 1 aromatic heterocycles. The van der Waals surface area contributed by atoms with Gasteiger partial charge in [-0.2, -0.15) is 0 Å². The van der Waals surface area contributed by atoms with E-state index < -0.39 is 0 Å². The third-order valence-corrected chi connectivity index (χ3v) is 4.58. The molecule has 2 aromatic rings. The Labute approximate surface area is 159 Å². The zero-order chi connectivity index (χ0) is 19.1. The number of hydrogen-bond donors (Lipinski definition) is 2. The predicted molar refractivity (Wildman–Crippen MR) is 104 cm³/mol. The van der Waals surface area contributed by atoms with Gasteiger partial charge in [-0.1, -0.05) is 25.3 Å². The molecular weight excluding hydrogens is 342 g/mol. The van der Waals surface area contributed by atoms with E-state index in [2.05, 4.69) is 15.6 Å². The Bertz CT molecular complexity index is 784. The van der Waals surface area contributed by atoms with E-state index in [4.69, 9.17) is 4.74 Å². The van der Waals surface area contributed by atoms with Crippen molar-refractivity contribution in [3.05, 3.63) is 53.9 Å². The summed E-state index contributed by atoms with van der Waals surface area (Å²) in [7, 11) is 0. The molecule has 6 nitrogen and oxygen atoms in total. The fourth-order valence-corrected chi connectivity index (χ4v) is 3.19. The number of nitrogens with zero attached hydrogens (tertiary/aromatic N) is 1. The van der Waals surface area contributed by atoms with Crippen LogP contribution < -0.4 is 15.4 Å². The molecule has 1 aromatic carbocycles. The van der Waals surface area contributed by atoms with Crippen molar-refractivity contribution in [3.63, 3.8) is 0 Å². The Balaban J connectivity index is 1.63. The summed E-state index contributed by atoms with van der Waals surface area (Å²) in [4.78, 5) is 29.1. The number of nitrogens with one attached hydrogen (secondary N) is 2. The van der Waals surface area contributed by atoms with Crippen LogP contribution in [0.2, 0.25) is 0 Å². The van der Waals surface area contributed by atoms with Crippen LogP contribution in [0.3, 0.4) is 0 Å². The van der Waals surface area contributed by atoms with Crippen LogP contribution in [0.1, 0.15) is 60.0 Å². The Morgan fingerprint density at radius 3 is 2.33 bits per heavy atom. The lowest BCUT2D eigenvalue weighted by atomic mass is 9.95. The van der Waals surface area contributed by atoms with Crippen LogP contribution in [0.5, 0.6) is 5.75 Å². The molecular formula is C21H25N3O3. The van der Waals surface area contributed by atoms with Crippen molar-refractivity contribution in [2.45, 2.75) is 45.1 Å². The molecule has 1 heterocycles. The number of amides is 2. The van der Waals surface area contributed by atoms with Gasteiger partial charge in [0.05, 0.1) is 6.61 Å². The van der Waals surface area contributed by atoms with E-state index in [1.165, 1.54) is 6.42 Å². The lowest BCUT2D eigenvalue weighted by Gasteiger charge is -2.22. The molecule has 142 valence electrons. The van der Waals surface area contributed by atoms with Gasteiger partial charge in [-0.25, -0.2) is 4.98 Å². The van der Waals surface area contributed by atoms with Crippen LogP contribution in [0.25, 0.3) is 0 Å². The second-order valence-electron chi connectivity index (χ2n) is 6.63. The molecule has 2 amide bonds. The SMILES string of the molecule is CCOc1ccc(NC(=O)c2cccc(C(=O)NC3CCCCC3)n2)cc1. The van der Waals surface area contributed by atoms with Crippen LogP contribution in [0.15, 0.2) is 42.5 Å². The highest BCUT2D eigenvalue weighted by atomic mass is 16.5. The Kier molecular flexibility index (Phi) is 6.41. The Morgan fingerprint density at radius 1 is 1.00 bits per heavy atom. The third-order valence-electron chi connectivity index (χ3n) is 4.58. The second-order valence-corrected chi connectivity index (χ2v) is 6.63. The van der Waals surface area contributed by atoms with E-state index in [1.54, 1.807) is 42.5 Å². The molecule has 2 N–H and O–H groups in total. The van der Waals surface area contributed by atoms with E-state index >= 15 is 0 Å². The third kappa shape index (κ3) is 5.29. The molecule has 6 heteroatoms. The maximum absolute atomic E-state index is 12.5. The van der Waals surface area contributed by atoms with Crippen LogP contribution in [0.4, 0.5) is 5.69 Å². The van der Waals surface area contributed by atoms with Crippen molar-refractivity contribution in [2.75, 3.05) is 11.9 Å². The highest BCUT2D eigenvalue weighted by molar-refractivity contribution is 6.03. The number of carbonyl (C=O) groups is 2. The fourth-order valence-electron chi connectivity index (χ4n) is 3.19. The quantitative estimate of drug-likeness (QED) is 0.814. The smallest absolute Gasteiger partial charge is 0.274 e. The molecule has 0 unspecified atom stereocenters. The lowest BCUT2D eigenvalue weighted by molar-refractivity contribution is 0.0922. The molecule has 0 bridgehead atoms. The van der Waals surface area contributed by atoms with E-state index in [1.807, 2.05) is 6.92 Å².